The number of fused-ring (bicyclic) bond motifs is 1. The Balaban J connectivity index is 1.56. The molecule has 28 heavy (non-hydrogen) atoms. The van der Waals surface area contributed by atoms with Gasteiger partial charge in [-0.2, -0.15) is 0 Å². The Hall–Kier alpha value is -2.38. The number of ether oxygens (including phenoxy) is 1. The van der Waals surface area contributed by atoms with Crippen LogP contribution < -0.4 is 15.8 Å². The van der Waals surface area contributed by atoms with Crippen LogP contribution in [0.15, 0.2) is 24.3 Å². The largest absolute Gasteiger partial charge is 0.492 e. The summed E-state index contributed by atoms with van der Waals surface area (Å²) in [6.45, 7) is 4.95. The minimum Gasteiger partial charge on any atom is -0.492 e. The lowest BCUT2D eigenvalue weighted by atomic mass is 10.1. The van der Waals surface area contributed by atoms with Gasteiger partial charge in [0.15, 0.2) is 0 Å². The predicted molar refractivity (Wildman–Crippen MR) is 112 cm³/mol. The van der Waals surface area contributed by atoms with E-state index in [1.807, 2.05) is 50.1 Å². The summed E-state index contributed by atoms with van der Waals surface area (Å²) >= 11 is 1.47. The van der Waals surface area contributed by atoms with Crippen LogP contribution in [0.1, 0.15) is 39.7 Å². The summed E-state index contributed by atoms with van der Waals surface area (Å²) in [5, 5.41) is 3.50. The van der Waals surface area contributed by atoms with Crippen molar-refractivity contribution >= 4 is 28.2 Å². The van der Waals surface area contributed by atoms with Crippen molar-refractivity contribution in [2.75, 3.05) is 25.5 Å². The van der Waals surface area contributed by atoms with Crippen molar-refractivity contribution in [3.63, 3.8) is 0 Å². The highest BCUT2D eigenvalue weighted by molar-refractivity contribution is 7.17. The van der Waals surface area contributed by atoms with Crippen molar-refractivity contribution in [3.8, 4) is 5.75 Å². The quantitative estimate of drug-likeness (QED) is 0.712. The third-order valence-corrected chi connectivity index (χ3v) is 6.35. The molecular formula is C21H27N3O3S. The molecule has 3 N–H and O–H groups in total. The standard InChI is InChI=1S/C21H27N3O3S/c1-13-6-4-7-15(12-13)27-11-10-24(3)14(2)20(26)23-21-18(19(22)25)16-8-5-9-17(16)28-21/h4,6-7,12,14H,5,8-11H2,1-3H3,(H2,22,25)(H,23,26). The van der Waals surface area contributed by atoms with Crippen LogP contribution in [0.4, 0.5) is 5.00 Å². The summed E-state index contributed by atoms with van der Waals surface area (Å²) in [4.78, 5) is 27.7. The number of hydrogen-bond acceptors (Lipinski definition) is 5. The molecule has 1 aromatic carbocycles. The second kappa shape index (κ2) is 8.75. The van der Waals surface area contributed by atoms with Gasteiger partial charge in [-0.1, -0.05) is 12.1 Å². The Morgan fingerprint density at radius 1 is 1.36 bits per heavy atom. The molecule has 0 fully saturated rings. The van der Waals surface area contributed by atoms with Crippen LogP contribution in [-0.2, 0) is 17.6 Å². The molecule has 150 valence electrons. The smallest absolute Gasteiger partial charge is 0.251 e. The second-order valence-electron chi connectivity index (χ2n) is 7.24. The lowest BCUT2D eigenvalue weighted by Gasteiger charge is -2.23. The number of carbonyl (C=O) groups excluding carboxylic acids is 2. The van der Waals surface area contributed by atoms with Crippen molar-refractivity contribution in [2.45, 2.75) is 39.2 Å². The lowest BCUT2D eigenvalue weighted by molar-refractivity contribution is -0.120. The van der Waals surface area contributed by atoms with Gasteiger partial charge < -0.3 is 15.8 Å². The average Bonchev–Trinajstić information content (AvgIpc) is 3.21. The van der Waals surface area contributed by atoms with Gasteiger partial charge in [0.1, 0.15) is 17.4 Å². The molecule has 7 heteroatoms. The minimum atomic E-state index is -0.470. The zero-order chi connectivity index (χ0) is 20.3. The van der Waals surface area contributed by atoms with Crippen molar-refractivity contribution < 1.29 is 14.3 Å². The first-order chi connectivity index (χ1) is 13.4. The molecule has 2 aromatic rings. The number of anilines is 1. The Kier molecular flexibility index (Phi) is 6.36. The van der Waals surface area contributed by atoms with E-state index < -0.39 is 5.91 Å². The molecule has 1 unspecified atom stereocenters. The van der Waals surface area contributed by atoms with Crippen molar-refractivity contribution in [3.05, 3.63) is 45.8 Å². The van der Waals surface area contributed by atoms with Crippen LogP contribution in [0.25, 0.3) is 0 Å². The fourth-order valence-corrected chi connectivity index (χ4v) is 4.67. The molecule has 1 aliphatic carbocycles. The molecule has 0 spiro atoms. The first-order valence-electron chi connectivity index (χ1n) is 9.51. The van der Waals surface area contributed by atoms with Gasteiger partial charge in [0, 0.05) is 11.4 Å². The van der Waals surface area contributed by atoms with E-state index in [9.17, 15) is 9.59 Å². The van der Waals surface area contributed by atoms with Gasteiger partial charge in [0.2, 0.25) is 5.91 Å². The van der Waals surface area contributed by atoms with Gasteiger partial charge in [0.05, 0.1) is 11.6 Å². The van der Waals surface area contributed by atoms with Gasteiger partial charge in [-0.3, -0.25) is 14.5 Å². The summed E-state index contributed by atoms with van der Waals surface area (Å²) in [7, 11) is 1.88. The third kappa shape index (κ3) is 4.54. The number of likely N-dealkylation sites (N-methyl/N-ethyl adjacent to an activating group) is 1. The SMILES string of the molecule is Cc1cccc(OCCN(C)C(C)C(=O)Nc2sc3c(c2C(N)=O)CCC3)c1. The molecule has 1 atom stereocenters. The topological polar surface area (TPSA) is 84.7 Å². The monoisotopic (exact) mass is 401 g/mol. The van der Waals surface area contributed by atoms with E-state index in [4.69, 9.17) is 10.5 Å². The van der Waals surface area contributed by atoms with E-state index in [0.29, 0.717) is 23.7 Å². The summed E-state index contributed by atoms with van der Waals surface area (Å²) in [6.07, 6.45) is 2.84. The average molecular weight is 402 g/mol. The highest BCUT2D eigenvalue weighted by atomic mass is 32.1. The second-order valence-corrected chi connectivity index (χ2v) is 8.34. The molecule has 0 aliphatic heterocycles. The molecule has 1 aromatic heterocycles. The fraction of sp³-hybridized carbons (Fsp3) is 0.429. The molecule has 2 amide bonds. The number of rotatable bonds is 8. The van der Waals surface area contributed by atoms with Crippen molar-refractivity contribution in [1.82, 2.24) is 4.90 Å². The molecule has 6 nitrogen and oxygen atoms in total. The summed E-state index contributed by atoms with van der Waals surface area (Å²) in [5.74, 6) is 0.201. The number of nitrogens with two attached hydrogens (primary N) is 1. The maximum absolute atomic E-state index is 12.7. The number of carbonyl (C=O) groups is 2. The molecule has 1 aliphatic rings. The number of nitrogens with zero attached hydrogens (tertiary/aromatic N) is 1. The molecule has 0 saturated carbocycles. The van der Waals surface area contributed by atoms with Crippen LogP contribution in [0.5, 0.6) is 5.75 Å². The first kappa shape index (κ1) is 20.4. The summed E-state index contributed by atoms with van der Waals surface area (Å²) in [5.41, 5.74) is 8.21. The third-order valence-electron chi connectivity index (χ3n) is 5.15. The van der Waals surface area contributed by atoms with Crippen LogP contribution in [-0.4, -0.2) is 43.0 Å². The van der Waals surface area contributed by atoms with E-state index in [2.05, 4.69) is 5.32 Å². The van der Waals surface area contributed by atoms with Gasteiger partial charge >= 0.3 is 0 Å². The van der Waals surface area contributed by atoms with Crippen LogP contribution in [0, 0.1) is 6.92 Å². The van der Waals surface area contributed by atoms with E-state index in [-0.39, 0.29) is 11.9 Å². The fourth-order valence-electron chi connectivity index (χ4n) is 3.38. The molecule has 1 heterocycles. The van der Waals surface area contributed by atoms with E-state index in [0.717, 1.165) is 41.0 Å². The highest BCUT2D eigenvalue weighted by Gasteiger charge is 2.27. The summed E-state index contributed by atoms with van der Waals surface area (Å²) < 4.78 is 5.76. The number of benzene rings is 1. The number of hydrogen-bond donors (Lipinski definition) is 2. The lowest BCUT2D eigenvalue weighted by Crippen LogP contribution is -2.41. The van der Waals surface area contributed by atoms with Crippen molar-refractivity contribution in [1.29, 1.82) is 0 Å². The van der Waals surface area contributed by atoms with Crippen LogP contribution >= 0.6 is 11.3 Å². The van der Waals surface area contributed by atoms with E-state index in [1.165, 1.54) is 11.3 Å². The van der Waals surface area contributed by atoms with Gasteiger partial charge in [-0.25, -0.2) is 0 Å². The molecular weight excluding hydrogens is 374 g/mol. The normalized spacial score (nSPS) is 14.0. The van der Waals surface area contributed by atoms with E-state index in [1.54, 1.807) is 0 Å². The number of aryl methyl sites for hydroxylation is 2. The van der Waals surface area contributed by atoms with Crippen LogP contribution in [0.2, 0.25) is 0 Å². The zero-order valence-corrected chi connectivity index (χ0v) is 17.4. The number of thiophene rings is 1. The number of nitrogens with one attached hydrogen (secondary N) is 1. The first-order valence-corrected chi connectivity index (χ1v) is 10.3. The Labute approximate surface area is 169 Å². The summed E-state index contributed by atoms with van der Waals surface area (Å²) in [6, 6.07) is 7.52. The van der Waals surface area contributed by atoms with Crippen LogP contribution in [0.3, 0.4) is 0 Å². The van der Waals surface area contributed by atoms with Gasteiger partial charge in [-0.05, 0) is 63.4 Å². The Bertz CT molecular complexity index is 878. The highest BCUT2D eigenvalue weighted by Crippen LogP contribution is 2.38. The van der Waals surface area contributed by atoms with Gasteiger partial charge in [-0.15, -0.1) is 11.3 Å². The predicted octanol–water partition coefficient (Wildman–Crippen LogP) is 2.98. The molecule has 3 rings (SSSR count). The number of amides is 2. The maximum atomic E-state index is 12.7. The van der Waals surface area contributed by atoms with Gasteiger partial charge in [0.25, 0.3) is 5.91 Å². The Morgan fingerprint density at radius 2 is 2.14 bits per heavy atom. The zero-order valence-electron chi connectivity index (χ0n) is 16.6. The van der Waals surface area contributed by atoms with E-state index >= 15 is 0 Å². The molecule has 0 radical (unpaired) electrons. The molecule has 0 saturated heterocycles. The van der Waals surface area contributed by atoms with Crippen molar-refractivity contribution in [2.24, 2.45) is 5.73 Å². The Morgan fingerprint density at radius 3 is 2.86 bits per heavy atom. The minimum absolute atomic E-state index is 0.152. The maximum Gasteiger partial charge on any atom is 0.251 e. The molecule has 0 bridgehead atoms. The number of primary amides is 1.